The molecule has 3 rings (SSSR count). The van der Waals surface area contributed by atoms with Gasteiger partial charge in [-0.1, -0.05) is 43.5 Å². The number of ether oxygens (including phenoxy) is 2. The third-order valence-corrected chi connectivity index (χ3v) is 5.74. The van der Waals surface area contributed by atoms with Gasteiger partial charge in [0.25, 0.3) is 0 Å². The van der Waals surface area contributed by atoms with Crippen molar-refractivity contribution >= 4 is 5.96 Å². The summed E-state index contributed by atoms with van der Waals surface area (Å²) >= 11 is 0. The normalized spacial score (nSPS) is 19.3. The van der Waals surface area contributed by atoms with Gasteiger partial charge in [0, 0.05) is 46.4 Å². The van der Waals surface area contributed by atoms with E-state index < -0.39 is 0 Å². The summed E-state index contributed by atoms with van der Waals surface area (Å²) in [7, 11) is 1.82. The van der Waals surface area contributed by atoms with Gasteiger partial charge in [0.05, 0.1) is 19.3 Å². The summed E-state index contributed by atoms with van der Waals surface area (Å²) in [4.78, 5) is 6.77. The third-order valence-electron chi connectivity index (χ3n) is 5.74. The van der Waals surface area contributed by atoms with Gasteiger partial charge < -0.3 is 20.1 Å². The summed E-state index contributed by atoms with van der Waals surface area (Å²) in [5, 5.41) is 6.78. The minimum absolute atomic E-state index is 0.493. The number of rotatable bonds is 9. The van der Waals surface area contributed by atoms with Gasteiger partial charge in [0.1, 0.15) is 0 Å². The molecule has 6 nitrogen and oxygen atoms in total. The van der Waals surface area contributed by atoms with Crippen LogP contribution in [0.3, 0.4) is 0 Å². The molecule has 1 heterocycles. The van der Waals surface area contributed by atoms with Crippen LogP contribution in [0.15, 0.2) is 29.3 Å². The largest absolute Gasteiger partial charge is 0.379 e. The van der Waals surface area contributed by atoms with E-state index in [1.807, 2.05) is 7.05 Å². The van der Waals surface area contributed by atoms with Gasteiger partial charge in [0.15, 0.2) is 5.96 Å². The average Bonchev–Trinajstić information content (AvgIpc) is 2.78. The summed E-state index contributed by atoms with van der Waals surface area (Å²) in [6.45, 7) is 7.24. The highest BCUT2D eigenvalue weighted by Gasteiger charge is 2.13. The fraction of sp³-hybridized carbons (Fsp3) is 0.696. The van der Waals surface area contributed by atoms with Crippen molar-refractivity contribution in [2.75, 3.05) is 46.5 Å². The van der Waals surface area contributed by atoms with Gasteiger partial charge >= 0.3 is 0 Å². The van der Waals surface area contributed by atoms with Crippen LogP contribution >= 0.6 is 0 Å². The number of guanidine groups is 1. The molecule has 1 aliphatic heterocycles. The van der Waals surface area contributed by atoms with Crippen LogP contribution in [0.1, 0.15) is 49.7 Å². The van der Waals surface area contributed by atoms with Gasteiger partial charge in [-0.25, -0.2) is 0 Å². The van der Waals surface area contributed by atoms with E-state index in [-0.39, 0.29) is 0 Å². The lowest BCUT2D eigenvalue weighted by molar-refractivity contribution is 0.0277. The minimum Gasteiger partial charge on any atom is -0.379 e. The minimum atomic E-state index is 0.493. The fourth-order valence-electron chi connectivity index (χ4n) is 3.95. The maximum absolute atomic E-state index is 5.98. The van der Waals surface area contributed by atoms with Crippen molar-refractivity contribution in [3.05, 3.63) is 35.4 Å². The molecule has 0 spiro atoms. The fourth-order valence-corrected chi connectivity index (χ4v) is 3.95. The first-order valence-corrected chi connectivity index (χ1v) is 11.3. The number of nitrogens with one attached hydrogen (secondary N) is 2. The molecule has 1 saturated carbocycles. The first kappa shape index (κ1) is 22.1. The van der Waals surface area contributed by atoms with Gasteiger partial charge in [-0.2, -0.15) is 0 Å². The van der Waals surface area contributed by atoms with Crippen LogP contribution in [0.5, 0.6) is 0 Å². The van der Waals surface area contributed by atoms with Crippen LogP contribution in [-0.4, -0.2) is 63.5 Å². The second-order valence-corrected chi connectivity index (χ2v) is 8.04. The average molecular weight is 403 g/mol. The molecule has 0 radical (unpaired) electrons. The molecule has 1 saturated heterocycles. The Balaban J connectivity index is 1.29. The summed E-state index contributed by atoms with van der Waals surface area (Å²) in [6.07, 6.45) is 8.01. The standard InChI is InChI=1S/C23H38N4O2/c1-24-23(25-12-5-15-29-22-6-3-2-4-7-22)26-18-20-8-10-21(11-9-20)19-27-13-16-28-17-14-27/h8-11,22H,2-7,12-19H2,1H3,(H2,24,25,26). The molecule has 0 atom stereocenters. The Bertz CT molecular complexity index is 593. The second-order valence-electron chi connectivity index (χ2n) is 8.04. The van der Waals surface area contributed by atoms with Crippen molar-refractivity contribution in [3.8, 4) is 0 Å². The molecule has 2 fully saturated rings. The van der Waals surface area contributed by atoms with Crippen LogP contribution in [0.4, 0.5) is 0 Å². The zero-order valence-corrected chi connectivity index (χ0v) is 18.0. The Labute approximate surface area is 176 Å². The Kier molecular flexibility index (Phi) is 9.76. The lowest BCUT2D eigenvalue weighted by atomic mass is 9.98. The van der Waals surface area contributed by atoms with Gasteiger partial charge in [0.2, 0.25) is 0 Å². The van der Waals surface area contributed by atoms with Crippen molar-refractivity contribution in [1.29, 1.82) is 0 Å². The SMILES string of the molecule is CN=C(NCCCOC1CCCCC1)NCc1ccc(CN2CCOCC2)cc1. The van der Waals surface area contributed by atoms with E-state index in [2.05, 4.69) is 44.8 Å². The van der Waals surface area contributed by atoms with Gasteiger partial charge in [-0.05, 0) is 30.4 Å². The van der Waals surface area contributed by atoms with E-state index in [4.69, 9.17) is 9.47 Å². The number of hydrogen-bond acceptors (Lipinski definition) is 4. The Morgan fingerprint density at radius 2 is 1.79 bits per heavy atom. The summed E-state index contributed by atoms with van der Waals surface area (Å²) in [5.74, 6) is 0.847. The molecular weight excluding hydrogens is 364 g/mol. The highest BCUT2D eigenvalue weighted by atomic mass is 16.5. The number of morpholine rings is 1. The first-order valence-electron chi connectivity index (χ1n) is 11.3. The smallest absolute Gasteiger partial charge is 0.191 e. The predicted molar refractivity (Wildman–Crippen MR) is 118 cm³/mol. The summed E-state index contributed by atoms with van der Waals surface area (Å²) in [6, 6.07) is 8.86. The summed E-state index contributed by atoms with van der Waals surface area (Å²) in [5.41, 5.74) is 2.62. The summed E-state index contributed by atoms with van der Waals surface area (Å²) < 4.78 is 11.4. The molecule has 1 aromatic carbocycles. The predicted octanol–water partition coefficient (Wildman–Crippen LogP) is 2.92. The van der Waals surface area contributed by atoms with E-state index in [0.717, 1.165) is 64.9 Å². The van der Waals surface area contributed by atoms with E-state index in [9.17, 15) is 0 Å². The van der Waals surface area contributed by atoms with E-state index in [1.54, 1.807) is 0 Å². The van der Waals surface area contributed by atoms with Crippen molar-refractivity contribution in [1.82, 2.24) is 15.5 Å². The van der Waals surface area contributed by atoms with Gasteiger partial charge in [-0.15, -0.1) is 0 Å². The highest BCUT2D eigenvalue weighted by Crippen LogP contribution is 2.20. The molecule has 6 heteroatoms. The molecule has 0 aromatic heterocycles. The number of hydrogen-bond donors (Lipinski definition) is 2. The molecule has 1 aliphatic carbocycles. The van der Waals surface area contributed by atoms with Crippen molar-refractivity contribution in [3.63, 3.8) is 0 Å². The molecule has 0 unspecified atom stereocenters. The lowest BCUT2D eigenvalue weighted by Crippen LogP contribution is -2.37. The first-order chi connectivity index (χ1) is 14.3. The number of aliphatic imine (C=N–C) groups is 1. The maximum atomic E-state index is 5.98. The molecule has 1 aromatic rings. The maximum Gasteiger partial charge on any atom is 0.191 e. The topological polar surface area (TPSA) is 58.1 Å². The molecule has 2 N–H and O–H groups in total. The van der Waals surface area contributed by atoms with Crippen molar-refractivity contribution in [2.24, 2.45) is 4.99 Å². The zero-order valence-electron chi connectivity index (χ0n) is 18.0. The van der Waals surface area contributed by atoms with Crippen LogP contribution in [0.25, 0.3) is 0 Å². The third kappa shape index (κ3) is 8.33. The molecule has 2 aliphatic rings. The lowest BCUT2D eigenvalue weighted by Gasteiger charge is -2.26. The zero-order chi connectivity index (χ0) is 20.2. The monoisotopic (exact) mass is 402 g/mol. The highest BCUT2D eigenvalue weighted by molar-refractivity contribution is 5.79. The van der Waals surface area contributed by atoms with Crippen LogP contribution in [0.2, 0.25) is 0 Å². The number of nitrogens with zero attached hydrogens (tertiary/aromatic N) is 2. The van der Waals surface area contributed by atoms with E-state index in [0.29, 0.717) is 6.10 Å². The quantitative estimate of drug-likeness (QED) is 0.378. The molecular formula is C23H38N4O2. The van der Waals surface area contributed by atoms with Crippen LogP contribution in [-0.2, 0) is 22.6 Å². The van der Waals surface area contributed by atoms with E-state index >= 15 is 0 Å². The molecule has 29 heavy (non-hydrogen) atoms. The van der Waals surface area contributed by atoms with E-state index in [1.165, 1.54) is 43.2 Å². The molecule has 0 amide bonds. The van der Waals surface area contributed by atoms with Crippen LogP contribution in [0, 0.1) is 0 Å². The molecule has 162 valence electrons. The second kappa shape index (κ2) is 12.8. The number of benzene rings is 1. The van der Waals surface area contributed by atoms with Crippen molar-refractivity contribution < 1.29 is 9.47 Å². The van der Waals surface area contributed by atoms with Gasteiger partial charge in [-0.3, -0.25) is 9.89 Å². The van der Waals surface area contributed by atoms with Crippen molar-refractivity contribution in [2.45, 2.75) is 57.7 Å². The van der Waals surface area contributed by atoms with Crippen LogP contribution < -0.4 is 10.6 Å². The Morgan fingerprint density at radius 1 is 1.07 bits per heavy atom. The molecule has 0 bridgehead atoms. The Hall–Kier alpha value is -1.63. The Morgan fingerprint density at radius 3 is 2.52 bits per heavy atom.